The van der Waals surface area contributed by atoms with Crippen molar-refractivity contribution in [3.63, 3.8) is 0 Å². The number of benzene rings is 1. The summed E-state index contributed by atoms with van der Waals surface area (Å²) < 4.78 is 5.99. The van der Waals surface area contributed by atoms with Gasteiger partial charge in [0.1, 0.15) is 17.6 Å². The van der Waals surface area contributed by atoms with E-state index in [1.54, 1.807) is 36.1 Å². The summed E-state index contributed by atoms with van der Waals surface area (Å²) in [7, 11) is 0. The second-order valence-corrected chi connectivity index (χ2v) is 6.97. The van der Waals surface area contributed by atoms with Gasteiger partial charge in [-0.1, -0.05) is 12.1 Å². The quantitative estimate of drug-likeness (QED) is 0.424. The fourth-order valence-corrected chi connectivity index (χ4v) is 3.58. The molecule has 8 nitrogen and oxygen atoms in total. The lowest BCUT2D eigenvalue weighted by molar-refractivity contribution is -0.384. The number of carbonyl (C=O) groups excluding carboxylic acids is 1. The average molecular weight is 414 g/mol. The minimum absolute atomic E-state index is 0.0187. The zero-order valence-corrected chi connectivity index (χ0v) is 17.2. The van der Waals surface area contributed by atoms with Crippen molar-refractivity contribution in [2.75, 3.05) is 13.1 Å². The van der Waals surface area contributed by atoms with Crippen molar-refractivity contribution in [3.05, 3.63) is 63.5 Å². The zero-order chi connectivity index (χ0) is 21.1. The van der Waals surface area contributed by atoms with E-state index in [2.05, 4.69) is 10.6 Å². The standard InChI is InChI=1S/C20H22N4O4S/c1-4-23(5-2)19(25)17-12(3)21-20(29)22-18(17)16-10-9-15(28-16)13-7-6-8-14(11-13)24(26)27/h6-11,18H,4-5H2,1-3H3,(H2,21,22,29)/t18-/m1/s1. The molecule has 1 aromatic heterocycles. The second-order valence-electron chi connectivity index (χ2n) is 6.56. The number of nitrogens with one attached hydrogen (secondary N) is 2. The molecule has 0 aliphatic carbocycles. The second kappa shape index (κ2) is 8.44. The Balaban J connectivity index is 1.99. The molecule has 1 aromatic carbocycles. The molecule has 0 saturated carbocycles. The lowest BCUT2D eigenvalue weighted by Gasteiger charge is -2.31. The number of nitro groups is 1. The molecule has 2 heterocycles. The van der Waals surface area contributed by atoms with E-state index in [1.165, 1.54) is 12.1 Å². The summed E-state index contributed by atoms with van der Waals surface area (Å²) in [4.78, 5) is 25.4. The average Bonchev–Trinajstić information content (AvgIpc) is 3.18. The molecule has 2 N–H and O–H groups in total. The number of hydrogen-bond donors (Lipinski definition) is 2. The maximum Gasteiger partial charge on any atom is 0.270 e. The lowest BCUT2D eigenvalue weighted by atomic mass is 9.99. The number of amides is 1. The third-order valence-corrected chi connectivity index (χ3v) is 5.02. The van der Waals surface area contributed by atoms with Crippen molar-refractivity contribution in [2.45, 2.75) is 26.8 Å². The summed E-state index contributed by atoms with van der Waals surface area (Å²) in [6.45, 7) is 6.82. The van der Waals surface area contributed by atoms with Crippen LogP contribution in [0.2, 0.25) is 0 Å². The third-order valence-electron chi connectivity index (χ3n) is 4.80. The number of non-ortho nitro benzene ring substituents is 1. The number of rotatable bonds is 6. The van der Waals surface area contributed by atoms with Gasteiger partial charge in [-0.3, -0.25) is 14.9 Å². The summed E-state index contributed by atoms with van der Waals surface area (Å²) in [5.74, 6) is 0.876. The van der Waals surface area contributed by atoms with Crippen molar-refractivity contribution in [1.29, 1.82) is 0 Å². The molecule has 152 valence electrons. The van der Waals surface area contributed by atoms with Crippen LogP contribution < -0.4 is 10.6 Å². The van der Waals surface area contributed by atoms with Gasteiger partial charge in [0.2, 0.25) is 0 Å². The molecule has 1 amide bonds. The van der Waals surface area contributed by atoms with Gasteiger partial charge in [-0.25, -0.2) is 0 Å². The number of furan rings is 1. The number of thiocarbonyl (C=S) groups is 1. The highest BCUT2D eigenvalue weighted by atomic mass is 32.1. The van der Waals surface area contributed by atoms with Gasteiger partial charge in [0.05, 0.1) is 10.5 Å². The lowest BCUT2D eigenvalue weighted by Crippen LogP contribution is -2.47. The van der Waals surface area contributed by atoms with E-state index in [9.17, 15) is 14.9 Å². The molecular formula is C20H22N4O4S. The number of likely N-dealkylation sites (N-methyl/N-ethyl adjacent to an activating group) is 1. The predicted octanol–water partition coefficient (Wildman–Crippen LogP) is 3.52. The van der Waals surface area contributed by atoms with Gasteiger partial charge in [-0.05, 0) is 45.1 Å². The van der Waals surface area contributed by atoms with Crippen LogP contribution in [0.3, 0.4) is 0 Å². The number of carbonyl (C=O) groups is 1. The van der Waals surface area contributed by atoms with Crippen molar-refractivity contribution < 1.29 is 14.1 Å². The molecule has 0 radical (unpaired) electrons. The van der Waals surface area contributed by atoms with Gasteiger partial charge in [-0.2, -0.15) is 0 Å². The zero-order valence-electron chi connectivity index (χ0n) is 16.4. The Morgan fingerprint density at radius 2 is 2.00 bits per heavy atom. The fourth-order valence-electron chi connectivity index (χ4n) is 3.31. The first-order valence-electron chi connectivity index (χ1n) is 9.27. The van der Waals surface area contributed by atoms with Crippen LogP contribution in [0, 0.1) is 10.1 Å². The van der Waals surface area contributed by atoms with Crippen LogP contribution in [-0.4, -0.2) is 33.9 Å². The highest BCUT2D eigenvalue weighted by Gasteiger charge is 2.33. The van der Waals surface area contributed by atoms with Crippen LogP contribution in [0.25, 0.3) is 11.3 Å². The summed E-state index contributed by atoms with van der Waals surface area (Å²) >= 11 is 5.27. The Hall–Kier alpha value is -3.20. The molecule has 2 aromatic rings. The van der Waals surface area contributed by atoms with Crippen LogP contribution >= 0.6 is 12.2 Å². The minimum atomic E-state index is -0.552. The molecule has 3 rings (SSSR count). The van der Waals surface area contributed by atoms with Gasteiger partial charge in [-0.15, -0.1) is 0 Å². The first-order chi connectivity index (χ1) is 13.8. The Kier molecular flexibility index (Phi) is 5.97. The van der Waals surface area contributed by atoms with Gasteiger partial charge >= 0.3 is 0 Å². The van der Waals surface area contributed by atoms with E-state index < -0.39 is 11.0 Å². The first kappa shape index (κ1) is 20.5. The molecule has 0 bridgehead atoms. The van der Waals surface area contributed by atoms with E-state index in [1.807, 2.05) is 13.8 Å². The fraction of sp³-hybridized carbons (Fsp3) is 0.300. The number of nitro benzene ring substituents is 1. The van der Waals surface area contributed by atoms with Crippen molar-refractivity contribution in [2.24, 2.45) is 0 Å². The molecule has 1 atom stereocenters. The molecule has 29 heavy (non-hydrogen) atoms. The van der Waals surface area contributed by atoms with Crippen LogP contribution in [0.4, 0.5) is 5.69 Å². The van der Waals surface area contributed by atoms with Crippen LogP contribution in [-0.2, 0) is 4.79 Å². The van der Waals surface area contributed by atoms with Gasteiger partial charge in [0.25, 0.3) is 11.6 Å². The minimum Gasteiger partial charge on any atom is -0.459 e. The highest BCUT2D eigenvalue weighted by molar-refractivity contribution is 7.80. The smallest absolute Gasteiger partial charge is 0.270 e. The first-order valence-corrected chi connectivity index (χ1v) is 9.68. The largest absolute Gasteiger partial charge is 0.459 e. The summed E-state index contributed by atoms with van der Waals surface area (Å²) in [6, 6.07) is 9.15. The molecular weight excluding hydrogens is 392 g/mol. The Morgan fingerprint density at radius 3 is 2.66 bits per heavy atom. The number of hydrogen-bond acceptors (Lipinski definition) is 5. The van der Waals surface area contributed by atoms with E-state index in [-0.39, 0.29) is 11.6 Å². The maximum absolute atomic E-state index is 13.1. The maximum atomic E-state index is 13.1. The monoisotopic (exact) mass is 414 g/mol. The van der Waals surface area contributed by atoms with E-state index >= 15 is 0 Å². The van der Waals surface area contributed by atoms with E-state index in [4.69, 9.17) is 16.6 Å². The van der Waals surface area contributed by atoms with E-state index in [0.29, 0.717) is 46.6 Å². The van der Waals surface area contributed by atoms with Crippen LogP contribution in [0.15, 0.2) is 52.1 Å². The highest BCUT2D eigenvalue weighted by Crippen LogP contribution is 2.33. The SMILES string of the molecule is CCN(CC)C(=O)C1=C(C)NC(=S)N[C@@H]1c1ccc(-c2cccc([N+](=O)[O-])c2)o1. The topological polar surface area (TPSA) is 101 Å². The molecule has 1 aliphatic heterocycles. The Bertz CT molecular complexity index is 994. The third kappa shape index (κ3) is 4.14. The molecule has 0 unspecified atom stereocenters. The van der Waals surface area contributed by atoms with Gasteiger partial charge in [0.15, 0.2) is 5.11 Å². The summed E-state index contributed by atoms with van der Waals surface area (Å²) in [5, 5.41) is 17.6. The number of allylic oxidation sites excluding steroid dienone is 1. The Labute approximate surface area is 173 Å². The number of nitrogens with zero attached hydrogens (tertiary/aromatic N) is 2. The summed E-state index contributed by atoms with van der Waals surface area (Å²) in [6.07, 6.45) is 0. The van der Waals surface area contributed by atoms with Gasteiger partial charge < -0.3 is 20.0 Å². The molecule has 9 heteroatoms. The van der Waals surface area contributed by atoms with Crippen molar-refractivity contribution in [3.8, 4) is 11.3 Å². The Morgan fingerprint density at radius 1 is 1.28 bits per heavy atom. The van der Waals surface area contributed by atoms with E-state index in [0.717, 1.165) is 0 Å². The predicted molar refractivity (Wildman–Crippen MR) is 113 cm³/mol. The molecule has 0 saturated heterocycles. The van der Waals surface area contributed by atoms with Crippen LogP contribution in [0.1, 0.15) is 32.6 Å². The van der Waals surface area contributed by atoms with Gasteiger partial charge in [0, 0.05) is 36.5 Å². The van der Waals surface area contributed by atoms with Crippen molar-refractivity contribution >= 4 is 28.9 Å². The molecule has 0 spiro atoms. The normalized spacial score (nSPS) is 16.2. The van der Waals surface area contributed by atoms with Crippen LogP contribution in [0.5, 0.6) is 0 Å². The molecule has 0 fully saturated rings. The van der Waals surface area contributed by atoms with Crippen molar-refractivity contribution in [1.82, 2.24) is 15.5 Å². The molecule has 1 aliphatic rings. The summed E-state index contributed by atoms with van der Waals surface area (Å²) in [5.41, 5.74) is 1.76.